The summed E-state index contributed by atoms with van der Waals surface area (Å²) in [5, 5.41) is 2.94. The zero-order valence-corrected chi connectivity index (χ0v) is 28.1. The summed E-state index contributed by atoms with van der Waals surface area (Å²) in [5.74, 6) is 0.393. The summed E-state index contributed by atoms with van der Waals surface area (Å²) in [6, 6.07) is 16.1. The second-order valence-corrected chi connectivity index (χ2v) is 12.7. The van der Waals surface area contributed by atoms with Crippen LogP contribution < -0.4 is 23.8 Å². The van der Waals surface area contributed by atoms with E-state index in [4.69, 9.17) is 14.2 Å². The van der Waals surface area contributed by atoms with Gasteiger partial charge in [0.25, 0.3) is 10.0 Å². The maximum Gasteiger partial charge on any atom is 0.264 e. The average Bonchev–Trinajstić information content (AvgIpc) is 3.02. The number of carbonyl (C=O) groups excluding carboxylic acids is 2. The molecular weight excluding hydrogens is 594 g/mol. The van der Waals surface area contributed by atoms with Crippen LogP contribution in [0.1, 0.15) is 49.8 Å². The Balaban J connectivity index is 2.12. The van der Waals surface area contributed by atoms with Crippen LogP contribution >= 0.6 is 0 Å². The highest BCUT2D eigenvalue weighted by molar-refractivity contribution is 7.92. The van der Waals surface area contributed by atoms with E-state index in [0.29, 0.717) is 30.2 Å². The summed E-state index contributed by atoms with van der Waals surface area (Å²) in [4.78, 5) is 29.2. The van der Waals surface area contributed by atoms with Gasteiger partial charge in [0.05, 0.1) is 31.9 Å². The molecule has 0 aliphatic carbocycles. The minimum Gasteiger partial charge on any atom is -0.497 e. The summed E-state index contributed by atoms with van der Waals surface area (Å²) in [7, 11) is 0.144. The van der Waals surface area contributed by atoms with Crippen molar-refractivity contribution in [3.8, 4) is 17.2 Å². The summed E-state index contributed by atoms with van der Waals surface area (Å²) < 4.78 is 45.8. The lowest BCUT2D eigenvalue weighted by Crippen LogP contribution is -2.52. The molecule has 0 saturated carbocycles. The molecular formula is C34H45N3O7S. The molecule has 3 aromatic carbocycles. The lowest BCUT2D eigenvalue weighted by molar-refractivity contribution is -0.140. The summed E-state index contributed by atoms with van der Waals surface area (Å²) in [6.07, 6.45) is 2.04. The zero-order valence-electron chi connectivity index (χ0n) is 27.3. The zero-order chi connectivity index (χ0) is 33.1. The van der Waals surface area contributed by atoms with E-state index in [1.54, 1.807) is 31.4 Å². The Hall–Kier alpha value is -4.25. The number of hydrogen-bond donors (Lipinski definition) is 1. The summed E-state index contributed by atoms with van der Waals surface area (Å²) in [6.45, 7) is 7.61. The largest absolute Gasteiger partial charge is 0.497 e. The van der Waals surface area contributed by atoms with Crippen LogP contribution in [0.15, 0.2) is 65.6 Å². The molecule has 0 bridgehead atoms. The van der Waals surface area contributed by atoms with Gasteiger partial charge in [-0.1, -0.05) is 38.5 Å². The maximum absolute atomic E-state index is 14.4. The molecule has 0 saturated heterocycles. The van der Waals surface area contributed by atoms with Gasteiger partial charge in [-0.25, -0.2) is 8.42 Å². The van der Waals surface area contributed by atoms with Crippen molar-refractivity contribution in [2.75, 3.05) is 38.7 Å². The average molecular weight is 640 g/mol. The van der Waals surface area contributed by atoms with Crippen molar-refractivity contribution in [1.29, 1.82) is 0 Å². The first-order valence-electron chi connectivity index (χ1n) is 15.0. The topological polar surface area (TPSA) is 114 Å². The molecule has 0 aromatic heterocycles. The molecule has 3 rings (SSSR count). The first-order chi connectivity index (χ1) is 21.5. The molecule has 0 aliphatic rings. The number of nitrogens with one attached hydrogen (secondary N) is 1. The van der Waals surface area contributed by atoms with Crippen LogP contribution in [0.4, 0.5) is 5.69 Å². The predicted molar refractivity (Wildman–Crippen MR) is 176 cm³/mol. The highest BCUT2D eigenvalue weighted by atomic mass is 32.2. The Bertz CT molecular complexity index is 1560. The third-order valence-electron chi connectivity index (χ3n) is 7.42. The molecule has 45 heavy (non-hydrogen) atoms. The number of rotatable bonds is 16. The fourth-order valence-electron chi connectivity index (χ4n) is 5.12. The van der Waals surface area contributed by atoms with E-state index in [-0.39, 0.29) is 23.1 Å². The van der Waals surface area contributed by atoms with Crippen molar-refractivity contribution in [3.05, 3.63) is 77.4 Å². The van der Waals surface area contributed by atoms with Gasteiger partial charge < -0.3 is 24.4 Å². The second kappa shape index (κ2) is 16.2. The molecule has 0 fully saturated rings. The number of anilines is 1. The lowest BCUT2D eigenvalue weighted by atomic mass is 10.1. The number of sulfonamides is 1. The van der Waals surface area contributed by atoms with Gasteiger partial charge in [-0.05, 0) is 79.8 Å². The predicted octanol–water partition coefficient (Wildman–Crippen LogP) is 5.25. The Labute approximate surface area is 267 Å². The van der Waals surface area contributed by atoms with E-state index in [0.717, 1.165) is 33.8 Å². The number of amides is 2. The quantitative estimate of drug-likeness (QED) is 0.213. The van der Waals surface area contributed by atoms with Crippen molar-refractivity contribution in [2.45, 2.75) is 64.4 Å². The molecule has 1 N–H and O–H groups in total. The Morgan fingerprint density at radius 1 is 0.867 bits per heavy atom. The molecule has 0 aliphatic heterocycles. The van der Waals surface area contributed by atoms with Gasteiger partial charge in [0, 0.05) is 19.2 Å². The van der Waals surface area contributed by atoms with Gasteiger partial charge >= 0.3 is 0 Å². The van der Waals surface area contributed by atoms with Crippen LogP contribution in [-0.4, -0.2) is 65.6 Å². The van der Waals surface area contributed by atoms with Crippen molar-refractivity contribution >= 4 is 27.5 Å². The van der Waals surface area contributed by atoms with Crippen molar-refractivity contribution in [2.24, 2.45) is 0 Å². The molecule has 11 heteroatoms. The van der Waals surface area contributed by atoms with Gasteiger partial charge in [0.15, 0.2) is 11.5 Å². The van der Waals surface area contributed by atoms with Gasteiger partial charge in [-0.15, -0.1) is 0 Å². The van der Waals surface area contributed by atoms with Crippen molar-refractivity contribution in [3.63, 3.8) is 0 Å². The number of methoxy groups -OCH3 is 3. The Morgan fingerprint density at radius 2 is 1.56 bits per heavy atom. The van der Waals surface area contributed by atoms with Gasteiger partial charge in [-0.3, -0.25) is 13.9 Å². The molecule has 1 atom stereocenters. The minimum atomic E-state index is -4.30. The molecule has 3 aromatic rings. The highest BCUT2D eigenvalue weighted by Gasteiger charge is 2.34. The number of carbonyl (C=O) groups is 2. The van der Waals surface area contributed by atoms with Crippen LogP contribution in [0.3, 0.4) is 0 Å². The van der Waals surface area contributed by atoms with E-state index < -0.39 is 28.5 Å². The van der Waals surface area contributed by atoms with E-state index in [9.17, 15) is 18.0 Å². The van der Waals surface area contributed by atoms with Crippen LogP contribution in [-0.2, 0) is 26.2 Å². The molecule has 0 radical (unpaired) electrons. The van der Waals surface area contributed by atoms with Crippen LogP contribution in [0, 0.1) is 13.8 Å². The lowest BCUT2D eigenvalue weighted by Gasteiger charge is -2.33. The first kappa shape index (κ1) is 35.2. The number of nitrogens with zero attached hydrogens (tertiary/aromatic N) is 2. The number of unbranched alkanes of at least 4 members (excludes halogenated alkanes) is 1. The van der Waals surface area contributed by atoms with E-state index in [2.05, 4.69) is 5.32 Å². The van der Waals surface area contributed by atoms with E-state index in [1.165, 1.54) is 37.3 Å². The molecule has 1 unspecified atom stereocenters. The number of aryl methyl sites for hydroxylation is 2. The van der Waals surface area contributed by atoms with Crippen LogP contribution in [0.2, 0.25) is 0 Å². The smallest absolute Gasteiger partial charge is 0.264 e. The Kier molecular flexibility index (Phi) is 12.7. The minimum absolute atomic E-state index is 0.0733. The molecule has 244 valence electrons. The number of hydrogen-bond acceptors (Lipinski definition) is 7. The van der Waals surface area contributed by atoms with Crippen LogP contribution in [0.25, 0.3) is 0 Å². The maximum atomic E-state index is 14.4. The number of benzene rings is 3. The van der Waals surface area contributed by atoms with Gasteiger partial charge in [0.2, 0.25) is 11.8 Å². The van der Waals surface area contributed by atoms with E-state index >= 15 is 0 Å². The SMILES string of the molecule is CCCCNC(=O)C(CC)N(Cc1cccc(OC)c1)C(=O)CN(c1cc(C)cc(C)c1)S(=O)(=O)c1ccc(OC)c(OC)c1. The highest BCUT2D eigenvalue weighted by Crippen LogP contribution is 2.33. The molecule has 0 heterocycles. The van der Waals surface area contributed by atoms with Crippen molar-refractivity contribution in [1.82, 2.24) is 10.2 Å². The van der Waals surface area contributed by atoms with Crippen molar-refractivity contribution < 1.29 is 32.2 Å². The van der Waals surface area contributed by atoms with E-state index in [1.807, 2.05) is 45.9 Å². The Morgan fingerprint density at radius 3 is 2.16 bits per heavy atom. The molecule has 10 nitrogen and oxygen atoms in total. The van der Waals surface area contributed by atoms with Gasteiger partial charge in [-0.2, -0.15) is 0 Å². The number of ether oxygens (including phenoxy) is 3. The van der Waals surface area contributed by atoms with Crippen LogP contribution in [0.5, 0.6) is 17.2 Å². The molecule has 0 spiro atoms. The summed E-state index contributed by atoms with van der Waals surface area (Å²) >= 11 is 0. The normalized spacial score (nSPS) is 11.8. The van der Waals surface area contributed by atoms with Gasteiger partial charge in [0.1, 0.15) is 18.3 Å². The monoisotopic (exact) mass is 639 g/mol. The standard InChI is InChI=1S/C34H45N3O7S/c1-8-10-16-35-34(39)30(9-2)36(22-26-12-11-13-28(20-26)42-5)33(38)23-37(27-18-24(3)17-25(4)19-27)45(40,41)29-14-15-31(43-6)32(21-29)44-7/h11-15,17-21,30H,8-10,16,22-23H2,1-7H3,(H,35,39). The second-order valence-electron chi connectivity index (χ2n) is 10.8. The third kappa shape index (κ3) is 8.91. The third-order valence-corrected chi connectivity index (χ3v) is 9.19. The fraction of sp³-hybridized carbons (Fsp3) is 0.412. The summed E-state index contributed by atoms with van der Waals surface area (Å²) in [5.41, 5.74) is 2.74. The fourth-order valence-corrected chi connectivity index (χ4v) is 6.53. The first-order valence-corrected chi connectivity index (χ1v) is 16.5. The molecule has 2 amide bonds.